The van der Waals surface area contributed by atoms with Crippen LogP contribution in [0.25, 0.3) is 0 Å². The molecule has 0 bridgehead atoms. The molecule has 0 radical (unpaired) electrons. The number of ether oxygens (including phenoxy) is 3. The first kappa shape index (κ1) is 14.3. The van der Waals surface area contributed by atoms with E-state index in [2.05, 4.69) is 16.8 Å². The number of hydrogen-bond donors (Lipinski definition) is 1. The molecule has 2 saturated heterocycles. The zero-order chi connectivity index (χ0) is 14.0. The maximum Gasteiger partial charge on any atom is 0.129 e. The first-order valence-corrected chi connectivity index (χ1v) is 8.16. The van der Waals surface area contributed by atoms with Gasteiger partial charge in [-0.05, 0) is 31.9 Å². The van der Waals surface area contributed by atoms with Gasteiger partial charge in [0.15, 0.2) is 0 Å². The van der Waals surface area contributed by atoms with Crippen LogP contribution in [0.1, 0.15) is 30.2 Å². The Morgan fingerprint density at radius 1 is 1.50 bits per heavy atom. The molecule has 0 amide bonds. The minimum atomic E-state index is -0.0284. The molecule has 3 rings (SSSR count). The molecule has 112 valence electrons. The fourth-order valence-corrected chi connectivity index (χ4v) is 4.49. The van der Waals surface area contributed by atoms with Crippen LogP contribution < -0.4 is 10.1 Å². The second kappa shape index (κ2) is 6.02. The maximum absolute atomic E-state index is 6.04. The highest BCUT2D eigenvalue weighted by Crippen LogP contribution is 2.42. The first-order chi connectivity index (χ1) is 9.76. The topological polar surface area (TPSA) is 39.7 Å². The molecule has 20 heavy (non-hydrogen) atoms. The molecule has 1 aromatic rings. The molecule has 2 fully saturated rings. The smallest absolute Gasteiger partial charge is 0.129 e. The van der Waals surface area contributed by atoms with Crippen LogP contribution in [0.4, 0.5) is 0 Å². The summed E-state index contributed by atoms with van der Waals surface area (Å²) in [6.45, 7) is 2.44. The Balaban J connectivity index is 1.75. The summed E-state index contributed by atoms with van der Waals surface area (Å²) in [5.74, 6) is 1.55. The van der Waals surface area contributed by atoms with Gasteiger partial charge in [-0.25, -0.2) is 0 Å². The Morgan fingerprint density at radius 2 is 2.40 bits per heavy atom. The summed E-state index contributed by atoms with van der Waals surface area (Å²) in [7, 11) is 3.77. The van der Waals surface area contributed by atoms with E-state index in [1.54, 1.807) is 18.4 Å². The van der Waals surface area contributed by atoms with Crippen molar-refractivity contribution >= 4 is 11.3 Å². The largest absolute Gasteiger partial charge is 0.496 e. The van der Waals surface area contributed by atoms with Gasteiger partial charge in [-0.2, -0.15) is 0 Å². The number of nitrogens with one attached hydrogen (secondary N) is 1. The van der Waals surface area contributed by atoms with Gasteiger partial charge in [-0.15, -0.1) is 11.3 Å². The quantitative estimate of drug-likeness (QED) is 0.927. The van der Waals surface area contributed by atoms with Crippen LogP contribution in [-0.4, -0.2) is 39.6 Å². The Morgan fingerprint density at radius 3 is 3.05 bits per heavy atom. The summed E-state index contributed by atoms with van der Waals surface area (Å²) in [6, 6.07) is 2.53. The van der Waals surface area contributed by atoms with E-state index >= 15 is 0 Å². The van der Waals surface area contributed by atoms with Gasteiger partial charge in [-0.3, -0.25) is 0 Å². The van der Waals surface area contributed by atoms with Crippen LogP contribution in [0.15, 0.2) is 11.4 Å². The standard InChI is InChI=1S/C15H23NO3S/c1-16-14(13-7-12(17-2)9-20-13)11-3-5-19-15(8-11)4-6-18-10-15/h7,9,11,14,16H,3-6,8,10H2,1-2H3. The number of hydrogen-bond acceptors (Lipinski definition) is 5. The minimum Gasteiger partial charge on any atom is -0.496 e. The molecule has 3 heterocycles. The Bertz CT molecular complexity index is 442. The van der Waals surface area contributed by atoms with E-state index in [1.165, 1.54) is 4.88 Å². The fraction of sp³-hybridized carbons (Fsp3) is 0.733. The second-order valence-corrected chi connectivity index (χ2v) is 6.68. The van der Waals surface area contributed by atoms with Crippen LogP contribution in [0, 0.1) is 5.92 Å². The summed E-state index contributed by atoms with van der Waals surface area (Å²) < 4.78 is 16.9. The average molecular weight is 297 g/mol. The molecule has 3 atom stereocenters. The predicted molar refractivity (Wildman–Crippen MR) is 79.5 cm³/mol. The van der Waals surface area contributed by atoms with Crippen molar-refractivity contribution in [1.82, 2.24) is 5.32 Å². The van der Waals surface area contributed by atoms with Crippen molar-refractivity contribution in [2.24, 2.45) is 5.92 Å². The van der Waals surface area contributed by atoms with Gasteiger partial charge in [-0.1, -0.05) is 0 Å². The molecule has 2 aliphatic rings. The highest BCUT2D eigenvalue weighted by molar-refractivity contribution is 7.10. The first-order valence-electron chi connectivity index (χ1n) is 7.28. The van der Waals surface area contributed by atoms with E-state index in [4.69, 9.17) is 14.2 Å². The summed E-state index contributed by atoms with van der Waals surface area (Å²) in [4.78, 5) is 1.35. The molecule has 1 N–H and O–H groups in total. The summed E-state index contributed by atoms with van der Waals surface area (Å²) in [5, 5.41) is 5.57. The van der Waals surface area contributed by atoms with E-state index in [1.807, 2.05) is 7.05 Å². The lowest BCUT2D eigenvalue weighted by Crippen LogP contribution is -2.43. The maximum atomic E-state index is 6.04. The normalized spacial score (nSPS) is 31.6. The zero-order valence-corrected chi connectivity index (χ0v) is 13.0. The van der Waals surface area contributed by atoms with Crippen LogP contribution in [0.3, 0.4) is 0 Å². The molecule has 5 heteroatoms. The average Bonchev–Trinajstić information content (AvgIpc) is 3.10. The van der Waals surface area contributed by atoms with Gasteiger partial charge in [0.2, 0.25) is 0 Å². The molecular formula is C15H23NO3S. The van der Waals surface area contributed by atoms with Crippen LogP contribution in [0.2, 0.25) is 0 Å². The van der Waals surface area contributed by atoms with Crippen molar-refractivity contribution in [2.45, 2.75) is 30.9 Å². The molecule has 4 nitrogen and oxygen atoms in total. The van der Waals surface area contributed by atoms with Crippen molar-refractivity contribution in [3.8, 4) is 5.75 Å². The lowest BCUT2D eigenvalue weighted by molar-refractivity contribution is -0.103. The summed E-state index contributed by atoms with van der Waals surface area (Å²) in [6.07, 6.45) is 3.22. The number of methoxy groups -OCH3 is 1. The van der Waals surface area contributed by atoms with Crippen molar-refractivity contribution in [3.63, 3.8) is 0 Å². The third-order valence-electron chi connectivity index (χ3n) is 4.52. The van der Waals surface area contributed by atoms with Crippen LogP contribution in [0.5, 0.6) is 5.75 Å². The highest BCUT2D eigenvalue weighted by atomic mass is 32.1. The monoisotopic (exact) mass is 297 g/mol. The molecule has 3 unspecified atom stereocenters. The Kier molecular flexibility index (Phi) is 4.31. The van der Waals surface area contributed by atoms with Gasteiger partial charge in [0, 0.05) is 35.9 Å². The second-order valence-electron chi connectivity index (χ2n) is 5.74. The minimum absolute atomic E-state index is 0.0284. The number of thiophene rings is 1. The third kappa shape index (κ3) is 2.72. The van der Waals surface area contributed by atoms with Crippen LogP contribution in [-0.2, 0) is 9.47 Å². The number of rotatable bonds is 4. The van der Waals surface area contributed by atoms with Gasteiger partial charge in [0.1, 0.15) is 5.75 Å². The van der Waals surface area contributed by atoms with Crippen LogP contribution >= 0.6 is 11.3 Å². The predicted octanol–water partition coefficient (Wildman–Crippen LogP) is 2.60. The molecule has 1 aromatic heterocycles. The molecule has 1 spiro atoms. The van der Waals surface area contributed by atoms with Crippen molar-refractivity contribution in [2.75, 3.05) is 34.0 Å². The Hall–Kier alpha value is -0.620. The van der Waals surface area contributed by atoms with Gasteiger partial charge in [0.25, 0.3) is 0 Å². The lowest BCUT2D eigenvalue weighted by Gasteiger charge is -2.40. The van der Waals surface area contributed by atoms with E-state index < -0.39 is 0 Å². The fourth-order valence-electron chi connectivity index (χ4n) is 3.43. The van der Waals surface area contributed by atoms with E-state index in [0.717, 1.165) is 44.8 Å². The van der Waals surface area contributed by atoms with Crippen molar-refractivity contribution in [3.05, 3.63) is 16.3 Å². The zero-order valence-electron chi connectivity index (χ0n) is 12.2. The molecule has 2 aliphatic heterocycles. The van der Waals surface area contributed by atoms with E-state index in [9.17, 15) is 0 Å². The SMILES string of the molecule is CNC(c1cc(OC)cs1)C1CCOC2(CCOC2)C1. The van der Waals surface area contributed by atoms with Crippen molar-refractivity contribution in [1.29, 1.82) is 0 Å². The highest BCUT2D eigenvalue weighted by Gasteiger charge is 2.43. The molecular weight excluding hydrogens is 274 g/mol. The third-order valence-corrected chi connectivity index (χ3v) is 5.51. The molecule has 0 aliphatic carbocycles. The van der Waals surface area contributed by atoms with E-state index in [0.29, 0.717) is 12.0 Å². The van der Waals surface area contributed by atoms with Gasteiger partial charge < -0.3 is 19.5 Å². The summed E-state index contributed by atoms with van der Waals surface area (Å²) >= 11 is 1.77. The van der Waals surface area contributed by atoms with Crippen molar-refractivity contribution < 1.29 is 14.2 Å². The van der Waals surface area contributed by atoms with E-state index in [-0.39, 0.29) is 5.60 Å². The van der Waals surface area contributed by atoms with Gasteiger partial charge in [0.05, 0.1) is 19.3 Å². The summed E-state index contributed by atoms with van der Waals surface area (Å²) in [5.41, 5.74) is -0.0284. The van der Waals surface area contributed by atoms with Gasteiger partial charge >= 0.3 is 0 Å². The Labute approximate surface area is 124 Å². The lowest BCUT2D eigenvalue weighted by atomic mass is 9.80. The molecule has 0 saturated carbocycles. The molecule has 0 aromatic carbocycles.